The maximum Gasteiger partial charge on any atom is 0.331 e. The lowest BCUT2D eigenvalue weighted by atomic mass is 9.78. The summed E-state index contributed by atoms with van der Waals surface area (Å²) in [5.41, 5.74) is 2.61. The largest absolute Gasteiger partial charge is 0.331 e. The monoisotopic (exact) mass is 235 g/mol. The standard InChI is InChI=1S/C14H21NO2/c1-11(16)17-15-14-10-6-5-9-13(14)12-7-3-2-4-8-12/h7,13H,2-6,8-10H2,1H3/b15-14-/t13-/m0/s1. The molecule has 2 aliphatic rings. The Morgan fingerprint density at radius 1 is 1.29 bits per heavy atom. The van der Waals surface area contributed by atoms with E-state index in [0.717, 1.165) is 12.1 Å². The van der Waals surface area contributed by atoms with E-state index in [1.165, 1.54) is 57.4 Å². The van der Waals surface area contributed by atoms with Gasteiger partial charge in [-0.25, -0.2) is 4.79 Å². The smallest absolute Gasteiger partial charge is 0.319 e. The van der Waals surface area contributed by atoms with E-state index in [1.807, 2.05) is 0 Å². The summed E-state index contributed by atoms with van der Waals surface area (Å²) in [6.45, 7) is 1.40. The van der Waals surface area contributed by atoms with Crippen LogP contribution in [0.1, 0.15) is 58.3 Å². The molecule has 0 aliphatic heterocycles. The van der Waals surface area contributed by atoms with Gasteiger partial charge in [-0.2, -0.15) is 0 Å². The molecule has 0 bridgehead atoms. The van der Waals surface area contributed by atoms with Crippen LogP contribution >= 0.6 is 0 Å². The third-order valence-corrected chi connectivity index (χ3v) is 3.64. The molecule has 0 saturated heterocycles. The third-order valence-electron chi connectivity index (χ3n) is 3.64. The molecule has 0 unspecified atom stereocenters. The average molecular weight is 235 g/mol. The summed E-state index contributed by atoms with van der Waals surface area (Å²) in [6.07, 6.45) is 12.0. The van der Waals surface area contributed by atoms with Gasteiger partial charge in [-0.3, -0.25) is 0 Å². The zero-order valence-corrected chi connectivity index (χ0v) is 10.6. The molecular weight excluding hydrogens is 214 g/mol. The van der Waals surface area contributed by atoms with E-state index < -0.39 is 0 Å². The van der Waals surface area contributed by atoms with Crippen molar-refractivity contribution < 1.29 is 9.63 Å². The number of hydrogen-bond donors (Lipinski definition) is 0. The quantitative estimate of drug-likeness (QED) is 0.417. The van der Waals surface area contributed by atoms with Crippen LogP contribution in [0.25, 0.3) is 0 Å². The normalized spacial score (nSPS) is 27.7. The SMILES string of the molecule is CC(=O)O/N=C1/CCCC[C@H]1C1=CCCCC1. The molecule has 0 heterocycles. The van der Waals surface area contributed by atoms with Crippen LogP contribution < -0.4 is 0 Å². The Balaban J connectivity index is 2.08. The van der Waals surface area contributed by atoms with Gasteiger partial charge in [0, 0.05) is 12.8 Å². The fourth-order valence-corrected chi connectivity index (χ4v) is 2.81. The molecule has 0 aromatic carbocycles. The van der Waals surface area contributed by atoms with Crippen molar-refractivity contribution in [3.8, 4) is 0 Å². The van der Waals surface area contributed by atoms with E-state index in [4.69, 9.17) is 4.84 Å². The molecule has 0 spiro atoms. The molecule has 1 atom stereocenters. The van der Waals surface area contributed by atoms with Crippen molar-refractivity contribution in [1.82, 2.24) is 0 Å². The van der Waals surface area contributed by atoms with E-state index in [1.54, 1.807) is 0 Å². The third kappa shape index (κ3) is 3.42. The first-order chi connectivity index (χ1) is 8.27. The number of carbonyl (C=O) groups excluding carboxylic acids is 1. The number of oxime groups is 1. The fourth-order valence-electron chi connectivity index (χ4n) is 2.81. The second kappa shape index (κ2) is 5.99. The van der Waals surface area contributed by atoms with Gasteiger partial charge in [-0.15, -0.1) is 0 Å². The summed E-state index contributed by atoms with van der Waals surface area (Å²) >= 11 is 0. The second-order valence-corrected chi connectivity index (χ2v) is 4.99. The van der Waals surface area contributed by atoms with Gasteiger partial charge in [0.2, 0.25) is 0 Å². The van der Waals surface area contributed by atoms with Crippen molar-refractivity contribution in [1.29, 1.82) is 0 Å². The summed E-state index contributed by atoms with van der Waals surface area (Å²) in [5.74, 6) is 0.128. The molecule has 1 fully saturated rings. The fraction of sp³-hybridized carbons (Fsp3) is 0.714. The zero-order valence-electron chi connectivity index (χ0n) is 10.6. The first-order valence-corrected chi connectivity index (χ1v) is 6.70. The van der Waals surface area contributed by atoms with Crippen molar-refractivity contribution in [2.24, 2.45) is 11.1 Å². The van der Waals surface area contributed by atoms with Gasteiger partial charge in [0.05, 0.1) is 5.71 Å². The number of carbonyl (C=O) groups is 1. The summed E-state index contributed by atoms with van der Waals surface area (Å²) in [5, 5.41) is 4.07. The highest BCUT2D eigenvalue weighted by molar-refractivity contribution is 5.89. The van der Waals surface area contributed by atoms with Gasteiger partial charge in [0.1, 0.15) is 0 Å². The van der Waals surface area contributed by atoms with Crippen LogP contribution in [0, 0.1) is 5.92 Å². The highest BCUT2D eigenvalue weighted by Crippen LogP contribution is 2.33. The summed E-state index contributed by atoms with van der Waals surface area (Å²) < 4.78 is 0. The van der Waals surface area contributed by atoms with Gasteiger partial charge >= 0.3 is 5.97 Å². The molecule has 1 saturated carbocycles. The summed E-state index contributed by atoms with van der Waals surface area (Å²) in [7, 11) is 0. The Kier molecular flexibility index (Phi) is 4.35. The lowest BCUT2D eigenvalue weighted by Gasteiger charge is -2.27. The average Bonchev–Trinajstić information content (AvgIpc) is 2.38. The van der Waals surface area contributed by atoms with E-state index >= 15 is 0 Å². The van der Waals surface area contributed by atoms with E-state index in [9.17, 15) is 4.79 Å². The minimum Gasteiger partial charge on any atom is -0.319 e. The van der Waals surface area contributed by atoms with E-state index in [2.05, 4.69) is 11.2 Å². The van der Waals surface area contributed by atoms with Gasteiger partial charge in [0.15, 0.2) is 0 Å². The molecule has 0 radical (unpaired) electrons. The second-order valence-electron chi connectivity index (χ2n) is 4.99. The molecule has 3 nitrogen and oxygen atoms in total. The Labute approximate surface area is 103 Å². The zero-order chi connectivity index (χ0) is 12.1. The van der Waals surface area contributed by atoms with E-state index in [0.29, 0.717) is 5.92 Å². The van der Waals surface area contributed by atoms with Crippen LogP contribution in [0.4, 0.5) is 0 Å². The minimum atomic E-state index is -0.320. The van der Waals surface area contributed by atoms with Gasteiger partial charge in [0.25, 0.3) is 0 Å². The van der Waals surface area contributed by atoms with Crippen molar-refractivity contribution in [3.63, 3.8) is 0 Å². The number of hydrogen-bond acceptors (Lipinski definition) is 3. The van der Waals surface area contributed by atoms with Crippen molar-refractivity contribution in [2.75, 3.05) is 0 Å². The predicted molar refractivity (Wildman–Crippen MR) is 67.7 cm³/mol. The lowest BCUT2D eigenvalue weighted by molar-refractivity contribution is -0.141. The molecular formula is C14H21NO2. The first kappa shape index (κ1) is 12.3. The Hall–Kier alpha value is -1.12. The number of rotatable bonds is 2. The molecule has 17 heavy (non-hydrogen) atoms. The maximum atomic E-state index is 10.8. The van der Waals surface area contributed by atoms with Crippen LogP contribution in [0.5, 0.6) is 0 Å². The summed E-state index contributed by atoms with van der Waals surface area (Å²) in [6, 6.07) is 0. The molecule has 0 aromatic rings. The first-order valence-electron chi connectivity index (χ1n) is 6.70. The van der Waals surface area contributed by atoms with Gasteiger partial charge < -0.3 is 4.84 Å². The Bertz CT molecular complexity index is 344. The lowest BCUT2D eigenvalue weighted by Crippen LogP contribution is -2.23. The predicted octanol–water partition coefficient (Wildman–Crippen LogP) is 3.60. The van der Waals surface area contributed by atoms with Crippen LogP contribution in [-0.2, 0) is 9.63 Å². The highest BCUT2D eigenvalue weighted by Gasteiger charge is 2.25. The van der Waals surface area contributed by atoms with Gasteiger partial charge in [-0.05, 0) is 44.9 Å². The number of nitrogens with zero attached hydrogens (tertiary/aromatic N) is 1. The van der Waals surface area contributed by atoms with Gasteiger partial charge in [-0.1, -0.05) is 23.2 Å². The van der Waals surface area contributed by atoms with Crippen LogP contribution in [0.3, 0.4) is 0 Å². The molecule has 94 valence electrons. The molecule has 0 aromatic heterocycles. The number of allylic oxidation sites excluding steroid dienone is 2. The molecule has 3 heteroatoms. The summed E-state index contributed by atoms with van der Waals surface area (Å²) in [4.78, 5) is 15.6. The molecule has 2 aliphatic carbocycles. The van der Waals surface area contributed by atoms with Crippen LogP contribution in [0.2, 0.25) is 0 Å². The minimum absolute atomic E-state index is 0.320. The topological polar surface area (TPSA) is 38.7 Å². The Morgan fingerprint density at radius 2 is 2.12 bits per heavy atom. The molecule has 0 amide bonds. The van der Waals surface area contributed by atoms with Crippen LogP contribution in [-0.4, -0.2) is 11.7 Å². The van der Waals surface area contributed by atoms with E-state index in [-0.39, 0.29) is 5.97 Å². The highest BCUT2D eigenvalue weighted by atomic mass is 16.7. The maximum absolute atomic E-state index is 10.8. The van der Waals surface area contributed by atoms with Crippen molar-refractivity contribution >= 4 is 11.7 Å². The molecule has 0 N–H and O–H groups in total. The van der Waals surface area contributed by atoms with Crippen molar-refractivity contribution in [3.05, 3.63) is 11.6 Å². The van der Waals surface area contributed by atoms with Crippen molar-refractivity contribution in [2.45, 2.75) is 58.3 Å². The molecule has 2 rings (SSSR count). The Morgan fingerprint density at radius 3 is 2.82 bits per heavy atom. The van der Waals surface area contributed by atoms with Crippen LogP contribution in [0.15, 0.2) is 16.8 Å².